The van der Waals surface area contributed by atoms with E-state index in [0.29, 0.717) is 5.75 Å². The Hall–Kier alpha value is -4.35. The number of benzene rings is 4. The molecule has 4 aromatic rings. The van der Waals surface area contributed by atoms with E-state index in [9.17, 15) is 18.0 Å². The number of methoxy groups -OCH3 is 2. The van der Waals surface area contributed by atoms with Crippen molar-refractivity contribution in [1.82, 2.24) is 10.2 Å². The van der Waals surface area contributed by atoms with Crippen LogP contribution in [0, 0.1) is 6.92 Å². The van der Waals surface area contributed by atoms with Gasteiger partial charge in [0.2, 0.25) is 11.8 Å². The van der Waals surface area contributed by atoms with Crippen molar-refractivity contribution in [1.29, 1.82) is 0 Å². The van der Waals surface area contributed by atoms with Gasteiger partial charge in [-0.1, -0.05) is 95.4 Å². The number of sulfonamides is 1. The summed E-state index contributed by atoms with van der Waals surface area (Å²) in [6, 6.07) is 27.4. The normalized spacial score (nSPS) is 14.0. The molecule has 11 heteroatoms. The van der Waals surface area contributed by atoms with Gasteiger partial charge in [-0.15, -0.1) is 0 Å². The lowest BCUT2D eigenvalue weighted by Crippen LogP contribution is -2.55. The van der Waals surface area contributed by atoms with Crippen molar-refractivity contribution in [2.75, 3.05) is 25.1 Å². The van der Waals surface area contributed by atoms with Crippen LogP contribution in [-0.2, 0) is 32.6 Å². The molecule has 0 unspecified atom stereocenters. The Kier molecular flexibility index (Phi) is 12.6. The van der Waals surface area contributed by atoms with Crippen LogP contribution in [0.5, 0.6) is 11.5 Å². The molecule has 1 aliphatic rings. The second-order valence-corrected chi connectivity index (χ2v) is 15.3. The number of aryl methyl sites for hydroxylation is 1. The summed E-state index contributed by atoms with van der Waals surface area (Å²) in [4.78, 5) is 30.7. The Labute approximate surface area is 303 Å². The summed E-state index contributed by atoms with van der Waals surface area (Å²) in [5, 5.41) is 3.24. The van der Waals surface area contributed by atoms with E-state index in [1.807, 2.05) is 61.5 Å². The highest BCUT2D eigenvalue weighted by molar-refractivity contribution is 9.10. The highest BCUT2D eigenvalue weighted by atomic mass is 79.9. The third kappa shape index (κ3) is 9.25. The minimum absolute atomic E-state index is 0.0103. The van der Waals surface area contributed by atoms with Gasteiger partial charge in [-0.05, 0) is 67.3 Å². The quantitative estimate of drug-likeness (QED) is 0.148. The van der Waals surface area contributed by atoms with Crippen LogP contribution in [-0.4, -0.2) is 58.0 Å². The van der Waals surface area contributed by atoms with E-state index >= 15 is 0 Å². The van der Waals surface area contributed by atoms with Gasteiger partial charge in [-0.3, -0.25) is 13.9 Å². The molecule has 0 saturated heterocycles. The highest BCUT2D eigenvalue weighted by Crippen LogP contribution is 2.36. The summed E-state index contributed by atoms with van der Waals surface area (Å²) in [6.45, 7) is 1.35. The third-order valence-electron chi connectivity index (χ3n) is 9.03. The van der Waals surface area contributed by atoms with Gasteiger partial charge >= 0.3 is 0 Å². The zero-order chi connectivity index (χ0) is 35.7. The molecule has 1 aliphatic carbocycles. The van der Waals surface area contributed by atoms with Gasteiger partial charge in [0, 0.05) is 29.5 Å². The number of anilines is 1. The number of hydrogen-bond donors (Lipinski definition) is 1. The number of halogens is 1. The minimum atomic E-state index is -4.32. The Morgan fingerprint density at radius 2 is 1.54 bits per heavy atom. The summed E-state index contributed by atoms with van der Waals surface area (Å²) < 4.78 is 42.0. The van der Waals surface area contributed by atoms with Gasteiger partial charge in [0.1, 0.15) is 24.1 Å². The number of nitrogens with one attached hydrogen (secondary N) is 1. The van der Waals surface area contributed by atoms with Crippen molar-refractivity contribution in [2.45, 2.75) is 69.0 Å². The van der Waals surface area contributed by atoms with E-state index in [0.717, 1.165) is 57.6 Å². The fourth-order valence-electron chi connectivity index (χ4n) is 6.23. The molecule has 264 valence electrons. The van der Waals surface area contributed by atoms with Crippen LogP contribution in [0.3, 0.4) is 0 Å². The lowest BCUT2D eigenvalue weighted by Gasteiger charge is -2.35. The van der Waals surface area contributed by atoms with Crippen molar-refractivity contribution in [3.63, 3.8) is 0 Å². The smallest absolute Gasteiger partial charge is 0.264 e. The molecule has 0 radical (unpaired) electrons. The van der Waals surface area contributed by atoms with Crippen molar-refractivity contribution < 1.29 is 27.5 Å². The summed E-state index contributed by atoms with van der Waals surface area (Å²) in [5.41, 5.74) is 2.69. The molecular formula is C39H44BrN3O6S. The van der Waals surface area contributed by atoms with Gasteiger partial charge in [0.05, 0.1) is 24.8 Å². The van der Waals surface area contributed by atoms with E-state index < -0.39 is 28.5 Å². The Morgan fingerprint density at radius 1 is 0.860 bits per heavy atom. The first-order valence-corrected chi connectivity index (χ1v) is 19.0. The topological polar surface area (TPSA) is 105 Å². The molecule has 4 aromatic carbocycles. The molecule has 0 spiro atoms. The largest absolute Gasteiger partial charge is 0.497 e. The van der Waals surface area contributed by atoms with Crippen molar-refractivity contribution in [2.24, 2.45) is 0 Å². The van der Waals surface area contributed by atoms with Crippen LogP contribution in [0.25, 0.3) is 0 Å². The number of hydrogen-bond acceptors (Lipinski definition) is 6. The molecule has 5 rings (SSSR count). The number of carbonyl (C=O) groups excluding carboxylic acids is 2. The average molecular weight is 763 g/mol. The minimum Gasteiger partial charge on any atom is -0.497 e. The standard InChI is InChI=1S/C39H44BrN3O6S/c1-28-14-21-34(22-15-28)50(46,47)43(35-25-33(48-2)20-23-37(35)49-3)27-38(44)42(26-30-16-18-31(40)19-17-30)36(24-29-10-6-4-7-11-29)39(45)41-32-12-8-5-9-13-32/h4,6-7,10-11,14-23,25,32,36H,5,8-9,12-13,24,26-27H2,1-3H3,(H,41,45)/t36-/m1/s1. The maximum absolute atomic E-state index is 14.9. The first-order chi connectivity index (χ1) is 24.1. The molecule has 2 amide bonds. The summed E-state index contributed by atoms with van der Waals surface area (Å²) >= 11 is 3.48. The molecule has 1 N–H and O–H groups in total. The van der Waals surface area contributed by atoms with E-state index in [1.165, 1.54) is 37.3 Å². The van der Waals surface area contributed by atoms with Gasteiger partial charge in [0.25, 0.3) is 10.0 Å². The first-order valence-electron chi connectivity index (χ1n) is 16.8. The molecule has 50 heavy (non-hydrogen) atoms. The van der Waals surface area contributed by atoms with Crippen LogP contribution >= 0.6 is 15.9 Å². The zero-order valence-electron chi connectivity index (χ0n) is 28.7. The Balaban J connectivity index is 1.61. The molecule has 9 nitrogen and oxygen atoms in total. The van der Waals surface area contributed by atoms with Crippen LogP contribution in [0.4, 0.5) is 5.69 Å². The number of nitrogens with zero attached hydrogens (tertiary/aromatic N) is 2. The van der Waals surface area contributed by atoms with E-state index in [-0.39, 0.29) is 41.2 Å². The maximum atomic E-state index is 14.9. The summed E-state index contributed by atoms with van der Waals surface area (Å²) in [5.74, 6) is -0.186. The molecular weight excluding hydrogens is 718 g/mol. The van der Waals surface area contributed by atoms with Gasteiger partial charge in [0.15, 0.2) is 0 Å². The molecule has 0 aromatic heterocycles. The van der Waals surface area contributed by atoms with Crippen molar-refractivity contribution >= 4 is 43.5 Å². The number of amides is 2. The number of carbonyl (C=O) groups is 2. The molecule has 0 heterocycles. The fourth-order valence-corrected chi connectivity index (χ4v) is 7.91. The van der Waals surface area contributed by atoms with Crippen LogP contribution in [0.1, 0.15) is 48.8 Å². The second-order valence-electron chi connectivity index (χ2n) is 12.6. The van der Waals surface area contributed by atoms with E-state index in [1.54, 1.807) is 24.3 Å². The molecule has 0 aliphatic heterocycles. The van der Waals surface area contributed by atoms with E-state index in [2.05, 4.69) is 21.2 Å². The Morgan fingerprint density at radius 3 is 2.18 bits per heavy atom. The lowest BCUT2D eigenvalue weighted by atomic mass is 9.94. The first kappa shape index (κ1) is 36.9. The number of rotatable bonds is 14. The predicted octanol–water partition coefficient (Wildman–Crippen LogP) is 7.06. The average Bonchev–Trinajstić information content (AvgIpc) is 3.13. The van der Waals surface area contributed by atoms with Crippen molar-refractivity contribution in [3.8, 4) is 11.5 Å². The van der Waals surface area contributed by atoms with Gasteiger partial charge in [-0.2, -0.15) is 0 Å². The third-order valence-corrected chi connectivity index (χ3v) is 11.3. The predicted molar refractivity (Wildman–Crippen MR) is 199 cm³/mol. The van der Waals surface area contributed by atoms with Crippen molar-refractivity contribution in [3.05, 3.63) is 118 Å². The second kappa shape index (κ2) is 17.0. The van der Waals surface area contributed by atoms with Gasteiger partial charge < -0.3 is 19.7 Å². The van der Waals surface area contributed by atoms with Gasteiger partial charge in [-0.25, -0.2) is 8.42 Å². The maximum Gasteiger partial charge on any atom is 0.264 e. The Bertz CT molecular complexity index is 1850. The van der Waals surface area contributed by atoms with Crippen LogP contribution < -0.4 is 19.1 Å². The SMILES string of the molecule is COc1ccc(OC)c(N(CC(=O)N(Cc2ccc(Br)cc2)[C@H](Cc2ccccc2)C(=O)NC2CCCCC2)S(=O)(=O)c2ccc(C)cc2)c1. The zero-order valence-corrected chi connectivity index (χ0v) is 31.1. The molecule has 1 fully saturated rings. The highest BCUT2D eigenvalue weighted by Gasteiger charge is 2.36. The molecule has 1 atom stereocenters. The summed E-state index contributed by atoms with van der Waals surface area (Å²) in [7, 11) is -1.40. The monoisotopic (exact) mass is 761 g/mol. The lowest BCUT2D eigenvalue weighted by molar-refractivity contribution is -0.140. The number of ether oxygens (including phenoxy) is 2. The van der Waals surface area contributed by atoms with Crippen LogP contribution in [0.2, 0.25) is 0 Å². The summed E-state index contributed by atoms with van der Waals surface area (Å²) in [6.07, 6.45) is 5.20. The molecule has 1 saturated carbocycles. The van der Waals surface area contributed by atoms with E-state index in [4.69, 9.17) is 9.47 Å². The molecule has 0 bridgehead atoms. The fraction of sp³-hybridized carbons (Fsp3) is 0.333. The van der Waals surface area contributed by atoms with Crippen LogP contribution in [0.15, 0.2) is 106 Å².